The summed E-state index contributed by atoms with van der Waals surface area (Å²) < 4.78 is 55.5. The van der Waals surface area contributed by atoms with E-state index in [0.717, 1.165) is 36.5 Å². The number of carbonyl (C=O) groups is 6. The van der Waals surface area contributed by atoms with Crippen molar-refractivity contribution in [2.75, 3.05) is 11.5 Å². The van der Waals surface area contributed by atoms with E-state index in [1.165, 1.54) is 44.7 Å². The lowest BCUT2D eigenvalue weighted by atomic mass is 9.77. The second-order valence-corrected chi connectivity index (χ2v) is 19.4. The molecule has 8 atom stereocenters. The average molecular weight is 1040 g/mol. The number of aromatic nitrogens is 1. The van der Waals surface area contributed by atoms with Crippen LogP contribution in [-0.2, 0) is 76.6 Å². The molecule has 17 heteroatoms. The molecule has 6 aromatic rings. The summed E-state index contributed by atoms with van der Waals surface area (Å²) in [5.74, 6) is -4.02. The van der Waals surface area contributed by atoms with Crippen molar-refractivity contribution in [3.8, 4) is 16.9 Å². The van der Waals surface area contributed by atoms with Gasteiger partial charge in [0.05, 0.1) is 17.5 Å². The molecule has 2 aliphatic heterocycles. The summed E-state index contributed by atoms with van der Waals surface area (Å²) in [6.07, 6.45) is -2.96. The quantitative estimate of drug-likeness (QED) is 0.0400. The van der Waals surface area contributed by atoms with E-state index >= 15 is 0 Å². The molecule has 0 radical (unpaired) electrons. The molecule has 8 rings (SSSR count). The number of hydrogen-bond acceptors (Lipinski definition) is 15. The minimum Gasteiger partial charge on any atom is -0.489 e. The molecule has 5 aromatic carbocycles. The van der Waals surface area contributed by atoms with Gasteiger partial charge in [0.1, 0.15) is 43.1 Å². The number of thiazole rings is 1. The van der Waals surface area contributed by atoms with Gasteiger partial charge in [0.2, 0.25) is 5.91 Å². The summed E-state index contributed by atoms with van der Waals surface area (Å²) in [7, 11) is 0. The fourth-order valence-electron chi connectivity index (χ4n) is 9.64. The zero-order chi connectivity index (χ0) is 53.2. The second-order valence-electron chi connectivity index (χ2n) is 18.4. The van der Waals surface area contributed by atoms with Crippen LogP contribution in [0.4, 0.5) is 10.1 Å². The Morgan fingerprint density at radius 3 is 2.07 bits per heavy atom. The number of esters is 5. The maximum atomic E-state index is 14.6. The smallest absolute Gasteiger partial charge is 0.303 e. The largest absolute Gasteiger partial charge is 0.489 e. The topological polar surface area (TPSA) is 183 Å². The Bertz CT molecular complexity index is 2970. The first kappa shape index (κ1) is 53.5. The zero-order valence-electron chi connectivity index (χ0n) is 42.1. The predicted molar refractivity (Wildman–Crippen MR) is 273 cm³/mol. The summed E-state index contributed by atoms with van der Waals surface area (Å²) in [4.78, 5) is 83.9. The van der Waals surface area contributed by atoms with Gasteiger partial charge < -0.3 is 38.1 Å². The Kier molecular flexibility index (Phi) is 17.5. The Hall–Kier alpha value is -7.76. The van der Waals surface area contributed by atoms with E-state index in [1.54, 1.807) is 40.5 Å². The molecular formula is C58H57FN2O13S. The average Bonchev–Trinajstić information content (AvgIpc) is 3.92. The predicted octanol–water partition coefficient (Wildman–Crippen LogP) is 9.90. The molecule has 1 amide bonds. The lowest BCUT2D eigenvalue weighted by Gasteiger charge is -2.48. The van der Waals surface area contributed by atoms with Crippen LogP contribution in [0, 0.1) is 11.7 Å². The van der Waals surface area contributed by atoms with Gasteiger partial charge in [0, 0.05) is 56.9 Å². The Morgan fingerprint density at radius 2 is 1.40 bits per heavy atom. The first-order chi connectivity index (χ1) is 36.1. The molecule has 390 valence electrons. The molecule has 2 saturated heterocycles. The van der Waals surface area contributed by atoms with Gasteiger partial charge >= 0.3 is 29.8 Å². The molecule has 0 spiro atoms. The number of aryl methyl sites for hydroxylation is 2. The van der Waals surface area contributed by atoms with E-state index in [-0.39, 0.29) is 25.5 Å². The maximum absolute atomic E-state index is 14.6. The van der Waals surface area contributed by atoms with Crippen LogP contribution in [0.2, 0.25) is 0 Å². The first-order valence-corrected chi connectivity index (χ1v) is 25.4. The van der Waals surface area contributed by atoms with Crippen LogP contribution < -0.4 is 9.64 Å². The number of amides is 1. The molecule has 0 N–H and O–H groups in total. The number of halogens is 1. The fraction of sp³-hybridized carbons (Fsp3) is 0.328. The highest BCUT2D eigenvalue weighted by Crippen LogP contribution is 2.50. The van der Waals surface area contributed by atoms with Gasteiger partial charge in [0.25, 0.3) is 0 Å². The molecule has 1 unspecified atom stereocenters. The van der Waals surface area contributed by atoms with Gasteiger partial charge in [-0.05, 0) is 95.5 Å². The van der Waals surface area contributed by atoms with Crippen LogP contribution in [0.3, 0.4) is 0 Å². The van der Waals surface area contributed by atoms with Crippen LogP contribution in [-0.4, -0.2) is 71.8 Å². The van der Waals surface area contributed by atoms with E-state index in [1.807, 2.05) is 96.6 Å². The molecule has 0 bridgehead atoms. The third-order valence-corrected chi connectivity index (χ3v) is 13.8. The zero-order valence-corrected chi connectivity index (χ0v) is 42.9. The maximum Gasteiger partial charge on any atom is 0.303 e. The molecule has 0 aliphatic carbocycles. The van der Waals surface area contributed by atoms with Gasteiger partial charge in [-0.3, -0.25) is 33.8 Å². The van der Waals surface area contributed by atoms with Crippen molar-refractivity contribution in [2.24, 2.45) is 5.92 Å². The normalized spacial score (nSPS) is 20.5. The number of nitrogens with zero attached hydrogens (tertiary/aromatic N) is 2. The Labute approximate surface area is 437 Å². The molecule has 3 heterocycles. The van der Waals surface area contributed by atoms with Crippen molar-refractivity contribution >= 4 is 52.8 Å². The van der Waals surface area contributed by atoms with E-state index in [4.69, 9.17) is 33.2 Å². The van der Waals surface area contributed by atoms with Gasteiger partial charge in [0.15, 0.2) is 18.3 Å². The van der Waals surface area contributed by atoms with E-state index in [2.05, 4.69) is 4.98 Å². The molecule has 2 aliphatic rings. The number of rotatable bonds is 20. The highest BCUT2D eigenvalue weighted by Gasteiger charge is 2.53. The van der Waals surface area contributed by atoms with Crippen LogP contribution >= 0.6 is 11.3 Å². The number of ether oxygens (including phenoxy) is 7. The minimum absolute atomic E-state index is 0.131. The van der Waals surface area contributed by atoms with Gasteiger partial charge in [-0.15, -0.1) is 11.3 Å². The molecular weight excluding hydrogens is 984 g/mol. The first-order valence-electron chi connectivity index (χ1n) is 24.5. The van der Waals surface area contributed by atoms with Crippen LogP contribution in [0.1, 0.15) is 98.4 Å². The summed E-state index contributed by atoms with van der Waals surface area (Å²) in [5.41, 5.74) is 7.66. The van der Waals surface area contributed by atoms with Crippen molar-refractivity contribution in [3.63, 3.8) is 0 Å². The van der Waals surface area contributed by atoms with Crippen LogP contribution in [0.15, 0.2) is 133 Å². The number of β-lactam (4-membered cyclic amide) rings is 1. The van der Waals surface area contributed by atoms with Crippen molar-refractivity contribution in [2.45, 2.75) is 110 Å². The number of hydrogen-bond donors (Lipinski definition) is 0. The third kappa shape index (κ3) is 13.5. The van der Waals surface area contributed by atoms with Crippen molar-refractivity contribution in [1.29, 1.82) is 0 Å². The summed E-state index contributed by atoms with van der Waals surface area (Å²) in [5, 5.41) is 0. The van der Waals surface area contributed by atoms with Crippen molar-refractivity contribution in [3.05, 3.63) is 172 Å². The molecule has 75 heavy (non-hydrogen) atoms. The Balaban J connectivity index is 1.18. The second kappa shape index (κ2) is 24.5. The Morgan fingerprint density at radius 1 is 0.707 bits per heavy atom. The van der Waals surface area contributed by atoms with Gasteiger partial charge in [-0.25, -0.2) is 4.39 Å². The monoisotopic (exact) mass is 1040 g/mol. The van der Waals surface area contributed by atoms with E-state index < -0.39 is 84.2 Å². The highest BCUT2D eigenvalue weighted by atomic mass is 32.1. The molecule has 1 aromatic heterocycles. The van der Waals surface area contributed by atoms with Gasteiger partial charge in [-0.2, -0.15) is 0 Å². The standard InChI is InChI=1S/C58H57FN2O13S/c1-34(62)68-32-52-55(71-36(3)64)57(73-38(5)66)56(72-37(4)65)54(74-52)44-13-9-12-42(28-44)43-19-25-48(51(29-43)69-31-40-10-7-6-8-11-40)53-49(26-27-50(70-35(2)63)41-17-20-45(59)21-18-41)58(67)61(53)46-22-14-39(15-23-46)16-24-47-30-60-33-75-47/h6-15,17-23,25,28-30,33,49-50,52-57H,16,24,26-27,31-32H2,1-5H3/t49-,50+,52-,53-,54?,55-,56+,57+/m1/s1. The molecule has 2 fully saturated rings. The van der Waals surface area contributed by atoms with E-state index in [9.17, 15) is 33.2 Å². The lowest BCUT2D eigenvalue weighted by molar-refractivity contribution is -0.254. The molecule has 15 nitrogen and oxygen atoms in total. The van der Waals surface area contributed by atoms with Crippen LogP contribution in [0.25, 0.3) is 11.1 Å². The summed E-state index contributed by atoms with van der Waals surface area (Å²) in [6, 6.07) is 35.7. The van der Waals surface area contributed by atoms with E-state index in [0.29, 0.717) is 40.1 Å². The number of carbonyl (C=O) groups excluding carboxylic acids is 6. The lowest BCUT2D eigenvalue weighted by Crippen LogP contribution is -2.59. The summed E-state index contributed by atoms with van der Waals surface area (Å²) in [6.45, 7) is 5.84. The highest BCUT2D eigenvalue weighted by molar-refractivity contribution is 7.09. The summed E-state index contributed by atoms with van der Waals surface area (Å²) >= 11 is 1.60. The fourth-order valence-corrected chi connectivity index (χ4v) is 10.2. The van der Waals surface area contributed by atoms with Crippen LogP contribution in [0.5, 0.6) is 5.75 Å². The SMILES string of the molecule is CC(=O)OC[C@H]1OC(c2cccc(-c3ccc([C@@H]4[C@@H](CC[C@H](OC(C)=O)c5ccc(F)cc5)C(=O)N4c4ccc(CCc5cncs5)cc4)c(OCc4ccccc4)c3)c2)[C@H](OC(C)=O)[C@@H](OC(C)=O)[C@@H]1OC(C)=O. The van der Waals surface area contributed by atoms with Crippen molar-refractivity contribution in [1.82, 2.24) is 4.98 Å². The minimum atomic E-state index is -1.36. The molecule has 0 saturated carbocycles. The van der Waals surface area contributed by atoms with Crippen molar-refractivity contribution < 1.29 is 66.3 Å². The van der Waals surface area contributed by atoms with Gasteiger partial charge in [-0.1, -0.05) is 84.9 Å². The number of benzene rings is 5. The third-order valence-electron chi connectivity index (χ3n) is 13.0. The number of anilines is 1.